The highest BCUT2D eigenvalue weighted by Crippen LogP contribution is 2.27. The molecular formula is C17H14ClFN2O. The molecule has 22 heavy (non-hydrogen) atoms. The summed E-state index contributed by atoms with van der Waals surface area (Å²) >= 11 is 5.68. The van der Waals surface area contributed by atoms with Gasteiger partial charge >= 0.3 is 6.03 Å². The van der Waals surface area contributed by atoms with Gasteiger partial charge in [0.15, 0.2) is 0 Å². The van der Waals surface area contributed by atoms with Gasteiger partial charge in [-0.15, -0.1) is 0 Å². The Bertz CT molecular complexity index is 773. The van der Waals surface area contributed by atoms with Gasteiger partial charge in [0.05, 0.1) is 5.02 Å². The highest BCUT2D eigenvalue weighted by molar-refractivity contribution is 6.31. The zero-order valence-corrected chi connectivity index (χ0v) is 12.5. The van der Waals surface area contributed by atoms with Crippen LogP contribution in [0.2, 0.25) is 5.02 Å². The lowest BCUT2D eigenvalue weighted by atomic mass is 10.1. The predicted octanol–water partition coefficient (Wildman–Crippen LogP) is 4.78. The van der Waals surface area contributed by atoms with Crippen LogP contribution in [0.1, 0.15) is 11.1 Å². The van der Waals surface area contributed by atoms with Gasteiger partial charge in [0.25, 0.3) is 0 Å². The first-order chi connectivity index (χ1) is 10.5. The molecule has 0 fully saturated rings. The van der Waals surface area contributed by atoms with E-state index in [0.29, 0.717) is 11.4 Å². The average Bonchev–Trinajstić information content (AvgIpc) is 2.82. The van der Waals surface area contributed by atoms with Crippen LogP contribution in [0.15, 0.2) is 48.6 Å². The summed E-state index contributed by atoms with van der Waals surface area (Å²) in [5, 5.41) is 5.34. The third-order valence-electron chi connectivity index (χ3n) is 3.52. The fraction of sp³-hybridized carbons (Fsp3) is 0.118. The molecule has 3 rings (SSSR count). The molecule has 2 amide bonds. The van der Waals surface area contributed by atoms with Gasteiger partial charge in [0.2, 0.25) is 0 Å². The Morgan fingerprint density at radius 3 is 2.41 bits per heavy atom. The van der Waals surface area contributed by atoms with Crippen LogP contribution in [-0.2, 0) is 12.8 Å². The van der Waals surface area contributed by atoms with E-state index >= 15 is 0 Å². The van der Waals surface area contributed by atoms with E-state index in [4.69, 9.17) is 11.6 Å². The lowest BCUT2D eigenvalue weighted by Crippen LogP contribution is -2.19. The highest BCUT2D eigenvalue weighted by Gasteiger charge is 2.14. The van der Waals surface area contributed by atoms with Crippen LogP contribution in [0, 0.1) is 5.82 Å². The summed E-state index contributed by atoms with van der Waals surface area (Å²) in [6.45, 7) is 3.99. The summed E-state index contributed by atoms with van der Waals surface area (Å²) in [7, 11) is 0. The van der Waals surface area contributed by atoms with E-state index in [9.17, 15) is 9.18 Å². The molecule has 0 spiro atoms. The number of halogens is 2. The lowest BCUT2D eigenvalue weighted by Gasteiger charge is -2.09. The average molecular weight is 317 g/mol. The van der Waals surface area contributed by atoms with Crippen molar-refractivity contribution < 1.29 is 9.18 Å². The molecule has 1 aliphatic carbocycles. The summed E-state index contributed by atoms with van der Waals surface area (Å²) < 4.78 is 13.1. The van der Waals surface area contributed by atoms with E-state index < -0.39 is 11.8 Å². The standard InChI is InChI=1S/C17H14ClFN2O/c1-10-6-11-2-3-13(8-12(11)7-10)20-17(22)21-14-4-5-16(19)15(18)9-14/h2-5,8-9H,1,6-7H2,(H2,20,21,22). The molecule has 112 valence electrons. The first-order valence-electron chi connectivity index (χ1n) is 6.83. The minimum Gasteiger partial charge on any atom is -0.308 e. The number of fused-ring (bicyclic) bond motifs is 1. The van der Waals surface area contributed by atoms with Crippen LogP contribution in [-0.4, -0.2) is 6.03 Å². The monoisotopic (exact) mass is 316 g/mol. The number of nitrogens with one attached hydrogen (secondary N) is 2. The Balaban J connectivity index is 1.68. The SMILES string of the molecule is C=C1Cc2ccc(NC(=O)Nc3ccc(F)c(Cl)c3)cc2C1. The number of amides is 2. The first-order valence-corrected chi connectivity index (χ1v) is 7.20. The lowest BCUT2D eigenvalue weighted by molar-refractivity contribution is 0.262. The molecule has 2 aromatic rings. The molecule has 1 aliphatic rings. The van der Waals surface area contributed by atoms with Crippen molar-refractivity contribution in [2.75, 3.05) is 10.6 Å². The van der Waals surface area contributed by atoms with Crippen LogP contribution in [0.25, 0.3) is 0 Å². The molecule has 0 unspecified atom stereocenters. The maximum atomic E-state index is 13.1. The van der Waals surface area contributed by atoms with Crippen LogP contribution in [0.4, 0.5) is 20.6 Å². The van der Waals surface area contributed by atoms with Crippen LogP contribution in [0.3, 0.4) is 0 Å². The number of allylic oxidation sites excluding steroid dienone is 1. The van der Waals surface area contributed by atoms with E-state index in [1.54, 1.807) is 0 Å². The van der Waals surface area contributed by atoms with Crippen LogP contribution < -0.4 is 10.6 Å². The van der Waals surface area contributed by atoms with Crippen molar-refractivity contribution in [3.8, 4) is 0 Å². The highest BCUT2D eigenvalue weighted by atomic mass is 35.5. The second-order valence-electron chi connectivity index (χ2n) is 5.30. The second-order valence-corrected chi connectivity index (χ2v) is 5.70. The van der Waals surface area contributed by atoms with Gasteiger partial charge in [-0.2, -0.15) is 0 Å². The van der Waals surface area contributed by atoms with Gasteiger partial charge in [0, 0.05) is 11.4 Å². The molecule has 0 heterocycles. The summed E-state index contributed by atoms with van der Waals surface area (Å²) in [4.78, 5) is 12.0. The van der Waals surface area contributed by atoms with Crippen molar-refractivity contribution in [2.24, 2.45) is 0 Å². The quantitative estimate of drug-likeness (QED) is 0.769. The normalized spacial score (nSPS) is 12.9. The zero-order chi connectivity index (χ0) is 15.7. The minimum atomic E-state index is -0.522. The number of rotatable bonds is 2. The Labute approximate surface area is 132 Å². The Kier molecular flexibility index (Phi) is 3.86. The van der Waals surface area contributed by atoms with Crippen LogP contribution in [0.5, 0.6) is 0 Å². The Morgan fingerprint density at radius 1 is 1.05 bits per heavy atom. The summed E-state index contributed by atoms with van der Waals surface area (Å²) in [5.74, 6) is -0.522. The molecular weight excluding hydrogens is 303 g/mol. The van der Waals surface area contributed by atoms with E-state index in [2.05, 4.69) is 17.2 Å². The van der Waals surface area contributed by atoms with Crippen molar-refractivity contribution in [2.45, 2.75) is 12.8 Å². The molecule has 0 atom stereocenters. The molecule has 2 aromatic carbocycles. The van der Waals surface area contributed by atoms with Gasteiger partial charge in [-0.05, 0) is 54.3 Å². The van der Waals surface area contributed by atoms with E-state index in [1.807, 2.05) is 18.2 Å². The fourth-order valence-corrected chi connectivity index (χ4v) is 2.69. The third kappa shape index (κ3) is 3.12. The molecule has 0 saturated heterocycles. The fourth-order valence-electron chi connectivity index (χ4n) is 2.51. The van der Waals surface area contributed by atoms with Crippen molar-refractivity contribution in [1.82, 2.24) is 0 Å². The predicted molar refractivity (Wildman–Crippen MR) is 87.0 cm³/mol. The number of urea groups is 1. The van der Waals surface area contributed by atoms with E-state index in [1.165, 1.54) is 34.9 Å². The first kappa shape index (κ1) is 14.6. The smallest absolute Gasteiger partial charge is 0.308 e. The number of anilines is 2. The molecule has 3 nitrogen and oxygen atoms in total. The molecule has 5 heteroatoms. The molecule has 0 radical (unpaired) electrons. The third-order valence-corrected chi connectivity index (χ3v) is 3.81. The maximum absolute atomic E-state index is 13.1. The van der Waals surface area contributed by atoms with Gasteiger partial charge < -0.3 is 10.6 Å². The number of carbonyl (C=O) groups is 1. The summed E-state index contributed by atoms with van der Waals surface area (Å²) in [6, 6.07) is 9.42. The number of hydrogen-bond donors (Lipinski definition) is 2. The Hall–Kier alpha value is -2.33. The number of benzene rings is 2. The maximum Gasteiger partial charge on any atom is 0.323 e. The van der Waals surface area contributed by atoms with Crippen molar-refractivity contribution >= 4 is 29.0 Å². The largest absolute Gasteiger partial charge is 0.323 e. The second kappa shape index (κ2) is 5.81. The van der Waals surface area contributed by atoms with Crippen LogP contribution >= 0.6 is 11.6 Å². The molecule has 2 N–H and O–H groups in total. The van der Waals surface area contributed by atoms with E-state index in [-0.39, 0.29) is 5.02 Å². The number of carbonyl (C=O) groups excluding carboxylic acids is 1. The molecule has 0 aliphatic heterocycles. The zero-order valence-electron chi connectivity index (χ0n) is 11.7. The van der Waals surface area contributed by atoms with Crippen molar-refractivity contribution in [3.05, 3.63) is 70.5 Å². The van der Waals surface area contributed by atoms with Gasteiger partial charge in [-0.3, -0.25) is 0 Å². The van der Waals surface area contributed by atoms with Crippen molar-refractivity contribution in [1.29, 1.82) is 0 Å². The Morgan fingerprint density at radius 2 is 1.68 bits per heavy atom. The summed E-state index contributed by atoms with van der Waals surface area (Å²) in [5.41, 5.74) is 4.75. The van der Waals surface area contributed by atoms with Gasteiger partial charge in [0.1, 0.15) is 5.82 Å². The topological polar surface area (TPSA) is 41.1 Å². The van der Waals surface area contributed by atoms with Crippen molar-refractivity contribution in [3.63, 3.8) is 0 Å². The van der Waals surface area contributed by atoms with Gasteiger partial charge in [-0.25, -0.2) is 9.18 Å². The minimum absolute atomic E-state index is 0.0335. The number of hydrogen-bond acceptors (Lipinski definition) is 1. The molecule has 0 saturated carbocycles. The molecule has 0 bridgehead atoms. The molecule has 0 aromatic heterocycles. The summed E-state index contributed by atoms with van der Waals surface area (Å²) in [6.07, 6.45) is 1.75. The van der Waals surface area contributed by atoms with Gasteiger partial charge in [-0.1, -0.05) is 29.8 Å². The van der Waals surface area contributed by atoms with E-state index in [0.717, 1.165) is 12.8 Å².